The van der Waals surface area contributed by atoms with E-state index in [0.717, 1.165) is 11.1 Å². The second-order valence-corrected chi connectivity index (χ2v) is 5.25. The molecule has 1 amide bonds. The van der Waals surface area contributed by atoms with E-state index >= 15 is 0 Å². The van der Waals surface area contributed by atoms with Crippen molar-refractivity contribution in [2.24, 2.45) is 0 Å². The predicted molar refractivity (Wildman–Crippen MR) is 90.7 cm³/mol. The minimum Gasteiger partial charge on any atom is -0.478 e. The number of nitrogens with one attached hydrogen (secondary N) is 1. The summed E-state index contributed by atoms with van der Waals surface area (Å²) in [4.78, 5) is 33.8. The first-order valence-electron chi connectivity index (χ1n) is 7.35. The molecule has 2 aromatic carbocycles. The molecule has 0 fully saturated rings. The maximum atomic E-state index is 12.1. The van der Waals surface area contributed by atoms with Gasteiger partial charge in [-0.25, -0.2) is 4.79 Å². The number of hydrogen-bond donors (Lipinski definition) is 2. The van der Waals surface area contributed by atoms with Crippen LogP contribution in [0.3, 0.4) is 0 Å². The molecule has 0 saturated carbocycles. The lowest BCUT2D eigenvalue weighted by atomic mass is 10.1. The first-order valence-corrected chi connectivity index (χ1v) is 7.35. The number of carbonyl (C=O) groups excluding carboxylic acids is 2. The molecule has 2 rings (SSSR count). The van der Waals surface area contributed by atoms with Crippen molar-refractivity contribution in [3.8, 4) is 0 Å². The largest absolute Gasteiger partial charge is 0.478 e. The Bertz CT molecular complexity index is 774. The molecule has 0 spiro atoms. The normalized spacial score (nSPS) is 10.5. The minimum atomic E-state index is -0.982. The molecule has 5 nitrogen and oxygen atoms in total. The zero-order valence-electron chi connectivity index (χ0n) is 13.2. The SMILES string of the molecule is CC(=O)/C=C/c1ccc(C(=O)NCc2ccc(C(=O)O)cc2)cc1. The summed E-state index contributed by atoms with van der Waals surface area (Å²) in [6.45, 7) is 1.78. The van der Waals surface area contributed by atoms with Gasteiger partial charge >= 0.3 is 5.97 Å². The Morgan fingerprint density at radius 1 is 0.958 bits per heavy atom. The highest BCUT2D eigenvalue weighted by molar-refractivity contribution is 5.95. The molecular weight excluding hydrogens is 306 g/mol. The molecule has 0 aliphatic heterocycles. The molecule has 0 bridgehead atoms. The lowest BCUT2D eigenvalue weighted by Crippen LogP contribution is -2.22. The van der Waals surface area contributed by atoms with E-state index in [-0.39, 0.29) is 17.3 Å². The molecule has 5 heteroatoms. The van der Waals surface area contributed by atoms with Crippen LogP contribution in [-0.2, 0) is 11.3 Å². The molecular formula is C19H17NO4. The summed E-state index contributed by atoms with van der Waals surface area (Å²) in [6, 6.07) is 13.2. The van der Waals surface area contributed by atoms with E-state index in [0.29, 0.717) is 12.1 Å². The summed E-state index contributed by atoms with van der Waals surface area (Å²) in [6.07, 6.45) is 3.16. The zero-order valence-corrected chi connectivity index (χ0v) is 13.2. The molecule has 2 aromatic rings. The smallest absolute Gasteiger partial charge is 0.335 e. The van der Waals surface area contributed by atoms with Gasteiger partial charge in [0, 0.05) is 12.1 Å². The highest BCUT2D eigenvalue weighted by Crippen LogP contribution is 2.08. The third-order valence-corrected chi connectivity index (χ3v) is 3.34. The molecule has 24 heavy (non-hydrogen) atoms. The van der Waals surface area contributed by atoms with Gasteiger partial charge in [0.05, 0.1) is 5.56 Å². The number of allylic oxidation sites excluding steroid dienone is 1. The number of aromatic carboxylic acids is 1. The lowest BCUT2D eigenvalue weighted by Gasteiger charge is -2.06. The second-order valence-electron chi connectivity index (χ2n) is 5.25. The average molecular weight is 323 g/mol. The quantitative estimate of drug-likeness (QED) is 0.801. The van der Waals surface area contributed by atoms with Crippen LogP contribution in [0.5, 0.6) is 0 Å². The van der Waals surface area contributed by atoms with Crippen LogP contribution >= 0.6 is 0 Å². The fraction of sp³-hybridized carbons (Fsp3) is 0.105. The fourth-order valence-corrected chi connectivity index (χ4v) is 2.01. The molecule has 0 heterocycles. The van der Waals surface area contributed by atoms with Crippen LogP contribution < -0.4 is 5.32 Å². The van der Waals surface area contributed by atoms with Crippen LogP contribution in [0.25, 0.3) is 6.08 Å². The number of rotatable bonds is 6. The molecule has 0 saturated heterocycles. The van der Waals surface area contributed by atoms with Gasteiger partial charge in [0.2, 0.25) is 0 Å². The summed E-state index contributed by atoms with van der Waals surface area (Å²) < 4.78 is 0. The number of carboxylic acid groups (broad SMARTS) is 1. The van der Waals surface area contributed by atoms with Gasteiger partial charge in [-0.15, -0.1) is 0 Å². The first-order chi connectivity index (χ1) is 11.5. The number of ketones is 1. The van der Waals surface area contributed by atoms with Crippen molar-refractivity contribution in [1.82, 2.24) is 5.32 Å². The standard InChI is InChI=1S/C19H17NO4/c1-13(21)2-3-14-4-8-16(9-5-14)18(22)20-12-15-6-10-17(11-7-15)19(23)24/h2-11H,12H2,1H3,(H,20,22)(H,23,24)/b3-2+. The Hall–Kier alpha value is -3.21. The van der Waals surface area contributed by atoms with Gasteiger partial charge in [-0.05, 0) is 48.4 Å². The molecule has 0 atom stereocenters. The summed E-state index contributed by atoms with van der Waals surface area (Å²) in [7, 11) is 0. The van der Waals surface area contributed by atoms with Gasteiger partial charge in [-0.1, -0.05) is 30.3 Å². The lowest BCUT2D eigenvalue weighted by molar-refractivity contribution is -0.112. The zero-order chi connectivity index (χ0) is 17.5. The fourth-order valence-electron chi connectivity index (χ4n) is 2.01. The maximum Gasteiger partial charge on any atom is 0.335 e. The average Bonchev–Trinajstić information content (AvgIpc) is 2.58. The Balaban J connectivity index is 1.94. The maximum absolute atomic E-state index is 12.1. The van der Waals surface area contributed by atoms with Crippen LogP contribution in [0, 0.1) is 0 Å². The Morgan fingerprint density at radius 2 is 1.54 bits per heavy atom. The Labute approximate surface area is 139 Å². The van der Waals surface area contributed by atoms with Crippen molar-refractivity contribution < 1.29 is 19.5 Å². The Morgan fingerprint density at radius 3 is 2.08 bits per heavy atom. The van der Waals surface area contributed by atoms with Crippen LogP contribution in [-0.4, -0.2) is 22.8 Å². The van der Waals surface area contributed by atoms with Gasteiger partial charge in [0.15, 0.2) is 5.78 Å². The molecule has 2 N–H and O–H groups in total. The second kappa shape index (κ2) is 7.87. The van der Waals surface area contributed by atoms with Gasteiger partial charge in [0.1, 0.15) is 0 Å². The summed E-state index contributed by atoms with van der Waals surface area (Å²) in [5.41, 5.74) is 2.37. The van der Waals surface area contributed by atoms with E-state index in [9.17, 15) is 14.4 Å². The van der Waals surface area contributed by atoms with Crippen molar-refractivity contribution in [2.75, 3.05) is 0 Å². The van der Waals surface area contributed by atoms with Gasteiger partial charge in [-0.2, -0.15) is 0 Å². The van der Waals surface area contributed by atoms with E-state index in [1.54, 1.807) is 42.5 Å². The predicted octanol–water partition coefficient (Wildman–Crippen LogP) is 2.92. The molecule has 0 unspecified atom stereocenters. The van der Waals surface area contributed by atoms with Crippen molar-refractivity contribution in [3.05, 3.63) is 76.9 Å². The van der Waals surface area contributed by atoms with Crippen LogP contribution in [0.15, 0.2) is 54.6 Å². The van der Waals surface area contributed by atoms with Crippen molar-refractivity contribution in [2.45, 2.75) is 13.5 Å². The highest BCUT2D eigenvalue weighted by Gasteiger charge is 2.06. The minimum absolute atomic E-state index is 0.0364. The van der Waals surface area contributed by atoms with Crippen LogP contribution in [0.4, 0.5) is 0 Å². The van der Waals surface area contributed by atoms with Crippen LogP contribution in [0.2, 0.25) is 0 Å². The number of hydrogen-bond acceptors (Lipinski definition) is 3. The number of amides is 1. The molecule has 122 valence electrons. The topological polar surface area (TPSA) is 83.5 Å². The molecule has 0 aliphatic carbocycles. The van der Waals surface area contributed by atoms with E-state index in [2.05, 4.69) is 5.32 Å². The first kappa shape index (κ1) is 17.1. The Kier molecular flexibility index (Phi) is 5.63. The summed E-state index contributed by atoms with van der Waals surface area (Å²) in [5.74, 6) is -1.24. The third kappa shape index (κ3) is 4.91. The van der Waals surface area contributed by atoms with Gasteiger partial charge in [0.25, 0.3) is 5.91 Å². The van der Waals surface area contributed by atoms with Crippen molar-refractivity contribution in [1.29, 1.82) is 0 Å². The number of carbonyl (C=O) groups is 3. The monoisotopic (exact) mass is 323 g/mol. The molecule has 0 radical (unpaired) electrons. The van der Waals surface area contributed by atoms with Gasteiger partial charge in [-0.3, -0.25) is 9.59 Å². The van der Waals surface area contributed by atoms with Crippen molar-refractivity contribution in [3.63, 3.8) is 0 Å². The molecule has 0 aliphatic rings. The number of benzene rings is 2. The third-order valence-electron chi connectivity index (χ3n) is 3.34. The number of carboxylic acids is 1. The van der Waals surface area contributed by atoms with Crippen molar-refractivity contribution >= 4 is 23.7 Å². The summed E-state index contributed by atoms with van der Waals surface area (Å²) >= 11 is 0. The highest BCUT2D eigenvalue weighted by atomic mass is 16.4. The summed E-state index contributed by atoms with van der Waals surface area (Å²) in [5, 5.41) is 11.6. The molecule has 0 aromatic heterocycles. The van der Waals surface area contributed by atoms with Gasteiger partial charge < -0.3 is 10.4 Å². The van der Waals surface area contributed by atoms with E-state index in [1.165, 1.54) is 25.1 Å². The van der Waals surface area contributed by atoms with E-state index in [4.69, 9.17) is 5.11 Å². The van der Waals surface area contributed by atoms with Crippen LogP contribution in [0.1, 0.15) is 38.8 Å². The van der Waals surface area contributed by atoms with E-state index in [1.807, 2.05) is 0 Å². The van der Waals surface area contributed by atoms with E-state index < -0.39 is 5.97 Å².